The molecule has 1 saturated heterocycles. The zero-order valence-corrected chi connectivity index (χ0v) is 12.4. The van der Waals surface area contributed by atoms with Gasteiger partial charge in [0.25, 0.3) is 0 Å². The van der Waals surface area contributed by atoms with Crippen molar-refractivity contribution >= 4 is 23.6 Å². The largest absolute Gasteiger partial charge is 0.467 e. The Morgan fingerprint density at radius 2 is 2.15 bits per heavy atom. The zero-order chi connectivity index (χ0) is 14.4. The first-order valence-corrected chi connectivity index (χ1v) is 7.87. The van der Waals surface area contributed by atoms with Gasteiger partial charge in [0.2, 0.25) is 5.91 Å². The zero-order valence-electron chi connectivity index (χ0n) is 11.6. The van der Waals surface area contributed by atoms with Crippen LogP contribution in [0.15, 0.2) is 30.3 Å². The molecule has 0 unspecified atom stereocenters. The molecule has 0 bridgehead atoms. The number of hydrogen-bond donors (Lipinski definition) is 0. The lowest BCUT2D eigenvalue weighted by atomic mass is 10.2. The molecule has 1 aliphatic rings. The van der Waals surface area contributed by atoms with Gasteiger partial charge in [-0.15, -0.1) is 0 Å². The highest BCUT2D eigenvalue weighted by molar-refractivity contribution is 7.98. The van der Waals surface area contributed by atoms with E-state index in [1.54, 1.807) is 16.7 Å². The van der Waals surface area contributed by atoms with Crippen LogP contribution in [0, 0.1) is 0 Å². The molecule has 0 aromatic heterocycles. The number of ether oxygens (including phenoxy) is 1. The smallest absolute Gasteiger partial charge is 0.329 e. The van der Waals surface area contributed by atoms with Crippen molar-refractivity contribution in [2.45, 2.75) is 24.6 Å². The molecule has 108 valence electrons. The minimum absolute atomic E-state index is 0.0562. The van der Waals surface area contributed by atoms with Crippen molar-refractivity contribution in [2.75, 3.05) is 19.4 Å². The van der Waals surface area contributed by atoms with Crippen molar-refractivity contribution in [3.63, 3.8) is 0 Å². The molecule has 0 radical (unpaired) electrons. The Morgan fingerprint density at radius 3 is 2.75 bits per heavy atom. The van der Waals surface area contributed by atoms with Crippen molar-refractivity contribution in [1.29, 1.82) is 0 Å². The second-order valence-corrected chi connectivity index (χ2v) is 5.76. The monoisotopic (exact) mass is 293 g/mol. The van der Waals surface area contributed by atoms with Crippen LogP contribution in [0.3, 0.4) is 0 Å². The third-order valence-electron chi connectivity index (χ3n) is 3.35. The summed E-state index contributed by atoms with van der Waals surface area (Å²) in [6, 6.07) is 9.63. The van der Waals surface area contributed by atoms with Gasteiger partial charge in [-0.05, 0) is 12.0 Å². The first-order valence-electron chi connectivity index (χ1n) is 6.71. The van der Waals surface area contributed by atoms with Gasteiger partial charge in [-0.1, -0.05) is 30.3 Å². The molecule has 1 amide bonds. The van der Waals surface area contributed by atoms with Gasteiger partial charge in [-0.3, -0.25) is 4.79 Å². The molecular formula is C15H19NO3S. The minimum Gasteiger partial charge on any atom is -0.467 e. The fraction of sp³-hybridized carbons (Fsp3) is 0.467. The molecular weight excluding hydrogens is 274 g/mol. The van der Waals surface area contributed by atoms with Crippen LogP contribution < -0.4 is 0 Å². The van der Waals surface area contributed by atoms with E-state index in [2.05, 4.69) is 12.1 Å². The summed E-state index contributed by atoms with van der Waals surface area (Å²) < 4.78 is 4.83. The first-order chi connectivity index (χ1) is 9.72. The second kappa shape index (κ2) is 7.33. The van der Waals surface area contributed by atoms with E-state index in [1.807, 2.05) is 18.2 Å². The third kappa shape index (κ3) is 3.76. The molecule has 5 heteroatoms. The van der Waals surface area contributed by atoms with Gasteiger partial charge in [0.15, 0.2) is 0 Å². The summed E-state index contributed by atoms with van der Waals surface area (Å²) in [6.07, 6.45) is 1.37. The van der Waals surface area contributed by atoms with Gasteiger partial charge in [-0.25, -0.2) is 4.79 Å². The molecule has 20 heavy (non-hydrogen) atoms. The van der Waals surface area contributed by atoms with Gasteiger partial charge in [0.1, 0.15) is 6.04 Å². The second-order valence-electron chi connectivity index (χ2n) is 4.73. The fourth-order valence-corrected chi connectivity index (χ4v) is 3.37. The van der Waals surface area contributed by atoms with Crippen molar-refractivity contribution < 1.29 is 14.3 Å². The number of amides is 1. The maximum atomic E-state index is 11.9. The molecule has 1 heterocycles. The van der Waals surface area contributed by atoms with E-state index in [-0.39, 0.29) is 11.9 Å². The van der Waals surface area contributed by atoms with E-state index in [4.69, 9.17) is 4.74 Å². The average molecular weight is 293 g/mol. The lowest BCUT2D eigenvalue weighted by Gasteiger charge is -2.25. The highest BCUT2D eigenvalue weighted by Crippen LogP contribution is 2.20. The summed E-state index contributed by atoms with van der Waals surface area (Å²) in [5, 5.41) is 0. The van der Waals surface area contributed by atoms with Gasteiger partial charge >= 0.3 is 5.97 Å². The number of rotatable bonds is 6. The predicted molar refractivity (Wildman–Crippen MR) is 79.4 cm³/mol. The summed E-state index contributed by atoms with van der Waals surface area (Å²) >= 11 is 1.65. The Morgan fingerprint density at radius 1 is 1.40 bits per heavy atom. The molecule has 0 spiro atoms. The molecule has 4 nitrogen and oxygen atoms in total. The molecule has 1 aromatic rings. The Hall–Kier alpha value is -1.49. The standard InChI is InChI=1S/C15H19NO3S/c1-19-15(18)13(16-9-5-8-14(16)17)11-20-10-12-6-3-2-4-7-12/h2-4,6-7,13H,5,8-11H2,1H3/t13-/m0/s1. The summed E-state index contributed by atoms with van der Waals surface area (Å²) in [6.45, 7) is 0.657. The van der Waals surface area contributed by atoms with E-state index in [0.29, 0.717) is 18.7 Å². The van der Waals surface area contributed by atoms with Crippen LogP contribution in [0.5, 0.6) is 0 Å². The maximum Gasteiger partial charge on any atom is 0.329 e. The maximum absolute atomic E-state index is 11.9. The van der Waals surface area contributed by atoms with E-state index in [9.17, 15) is 9.59 Å². The Labute approximate surface area is 123 Å². The molecule has 1 aromatic carbocycles. The van der Waals surface area contributed by atoms with Gasteiger partial charge in [0.05, 0.1) is 7.11 Å². The van der Waals surface area contributed by atoms with Gasteiger partial charge in [-0.2, -0.15) is 11.8 Å². The Balaban J connectivity index is 1.91. The van der Waals surface area contributed by atoms with E-state index >= 15 is 0 Å². The van der Waals surface area contributed by atoms with E-state index < -0.39 is 6.04 Å². The normalized spacial score (nSPS) is 16.2. The van der Waals surface area contributed by atoms with Gasteiger partial charge in [0, 0.05) is 24.5 Å². The highest BCUT2D eigenvalue weighted by atomic mass is 32.2. The van der Waals surface area contributed by atoms with Crippen molar-refractivity contribution in [3.05, 3.63) is 35.9 Å². The number of esters is 1. The van der Waals surface area contributed by atoms with E-state index in [0.717, 1.165) is 12.2 Å². The lowest BCUT2D eigenvalue weighted by molar-refractivity contribution is -0.150. The number of thioether (sulfide) groups is 1. The fourth-order valence-electron chi connectivity index (χ4n) is 2.28. The molecule has 1 aliphatic heterocycles. The Bertz CT molecular complexity index is 463. The quantitative estimate of drug-likeness (QED) is 0.753. The van der Waals surface area contributed by atoms with Crippen LogP contribution in [-0.2, 0) is 20.1 Å². The summed E-state index contributed by atoms with van der Waals surface area (Å²) in [7, 11) is 1.37. The summed E-state index contributed by atoms with van der Waals surface area (Å²) in [4.78, 5) is 25.3. The predicted octanol–water partition coefficient (Wildman–Crippen LogP) is 2.08. The van der Waals surface area contributed by atoms with Crippen LogP contribution >= 0.6 is 11.8 Å². The SMILES string of the molecule is COC(=O)[C@H](CSCc1ccccc1)N1CCCC1=O. The third-order valence-corrected chi connectivity index (χ3v) is 4.44. The molecule has 1 atom stereocenters. The van der Waals surface area contributed by atoms with Crippen LogP contribution in [0.25, 0.3) is 0 Å². The van der Waals surface area contributed by atoms with Crippen LogP contribution in [0.4, 0.5) is 0 Å². The number of carbonyl (C=O) groups excluding carboxylic acids is 2. The number of nitrogens with zero attached hydrogens (tertiary/aromatic N) is 1. The average Bonchev–Trinajstić information content (AvgIpc) is 2.90. The van der Waals surface area contributed by atoms with Gasteiger partial charge < -0.3 is 9.64 Å². The highest BCUT2D eigenvalue weighted by Gasteiger charge is 2.33. The van der Waals surface area contributed by atoms with Crippen molar-refractivity contribution in [1.82, 2.24) is 4.90 Å². The molecule has 1 fully saturated rings. The first kappa shape index (κ1) is 14.9. The molecule has 0 aliphatic carbocycles. The van der Waals surface area contributed by atoms with Crippen molar-refractivity contribution in [2.24, 2.45) is 0 Å². The number of benzene rings is 1. The van der Waals surface area contributed by atoms with E-state index in [1.165, 1.54) is 12.7 Å². The topological polar surface area (TPSA) is 46.6 Å². The summed E-state index contributed by atoms with van der Waals surface area (Å²) in [5.74, 6) is 1.14. The van der Waals surface area contributed by atoms with Crippen LogP contribution in [-0.4, -0.2) is 42.2 Å². The number of carbonyl (C=O) groups is 2. The molecule has 0 N–H and O–H groups in total. The molecule has 0 saturated carbocycles. The number of hydrogen-bond acceptors (Lipinski definition) is 4. The lowest BCUT2D eigenvalue weighted by Crippen LogP contribution is -2.44. The number of methoxy groups -OCH3 is 1. The Kier molecular flexibility index (Phi) is 5.47. The summed E-state index contributed by atoms with van der Waals surface area (Å²) in [5.41, 5.74) is 1.22. The number of likely N-dealkylation sites (tertiary alicyclic amines) is 1. The minimum atomic E-state index is -0.455. The van der Waals surface area contributed by atoms with Crippen LogP contribution in [0.2, 0.25) is 0 Å². The van der Waals surface area contributed by atoms with Crippen molar-refractivity contribution in [3.8, 4) is 0 Å². The van der Waals surface area contributed by atoms with Crippen LogP contribution in [0.1, 0.15) is 18.4 Å². The molecule has 2 rings (SSSR count).